The highest BCUT2D eigenvalue weighted by Gasteiger charge is 1.99. The summed E-state index contributed by atoms with van der Waals surface area (Å²) in [6, 6.07) is 0. The molecule has 0 heterocycles. The quantitative estimate of drug-likeness (QED) is 0.411. The maximum Gasteiger partial charge on any atom is 0.0234 e. The Kier molecular flexibility index (Phi) is 6.02. The van der Waals surface area contributed by atoms with Gasteiger partial charge in [-0.15, -0.1) is 13.2 Å². The minimum absolute atomic E-state index is 0.835. The Bertz CT molecular complexity index is 169. The molecule has 0 aliphatic carbocycles. The summed E-state index contributed by atoms with van der Waals surface area (Å²) in [5, 5.41) is 0. The average molecular weight is 163 g/mol. The van der Waals surface area contributed by atoms with Crippen LogP contribution in [-0.4, -0.2) is 24.5 Å². The molecule has 1 heteroatoms. The molecule has 0 aromatic carbocycles. The minimum Gasteiger partial charge on any atom is -0.292 e. The van der Waals surface area contributed by atoms with Gasteiger partial charge in [0.1, 0.15) is 0 Å². The van der Waals surface area contributed by atoms with Gasteiger partial charge in [0.25, 0.3) is 0 Å². The molecular weight excluding hydrogens is 146 g/mol. The van der Waals surface area contributed by atoms with Crippen LogP contribution >= 0.6 is 0 Å². The first-order valence-electron chi connectivity index (χ1n) is 3.99. The molecule has 0 unspecified atom stereocenters. The normalized spacial score (nSPS) is 9.42. The fourth-order valence-corrected chi connectivity index (χ4v) is 0.921. The molecule has 0 N–H and O–H groups in total. The van der Waals surface area contributed by atoms with Crippen LogP contribution in [0.1, 0.15) is 0 Å². The highest BCUT2D eigenvalue weighted by Crippen LogP contribution is 1.97. The highest BCUT2D eigenvalue weighted by molar-refractivity contribution is 5.13. The second kappa shape index (κ2) is 6.62. The van der Waals surface area contributed by atoms with Crippen molar-refractivity contribution in [3.63, 3.8) is 0 Å². The van der Waals surface area contributed by atoms with Gasteiger partial charge in [-0.25, -0.2) is 0 Å². The first-order chi connectivity index (χ1) is 5.74. The van der Waals surface area contributed by atoms with Crippen LogP contribution in [0.4, 0.5) is 0 Å². The van der Waals surface area contributed by atoms with Gasteiger partial charge in [-0.1, -0.05) is 31.4 Å². The van der Waals surface area contributed by atoms with E-state index in [0.29, 0.717) is 0 Å². The molecule has 0 saturated carbocycles. The first kappa shape index (κ1) is 10.9. The lowest BCUT2D eigenvalue weighted by Gasteiger charge is -2.18. The smallest absolute Gasteiger partial charge is 0.0234 e. The van der Waals surface area contributed by atoms with Crippen molar-refractivity contribution in [2.75, 3.05) is 19.6 Å². The Balaban J connectivity index is 3.91. The lowest BCUT2D eigenvalue weighted by molar-refractivity contribution is 0.368. The van der Waals surface area contributed by atoms with Crippen LogP contribution in [0.5, 0.6) is 0 Å². The van der Waals surface area contributed by atoms with E-state index < -0.39 is 0 Å². The van der Waals surface area contributed by atoms with Crippen molar-refractivity contribution in [3.05, 3.63) is 50.1 Å². The molecular formula is C11H17N. The van der Waals surface area contributed by atoms with Gasteiger partial charge in [0, 0.05) is 19.6 Å². The molecule has 0 aliphatic heterocycles. The molecule has 0 saturated heterocycles. The maximum absolute atomic E-state index is 3.85. The zero-order valence-corrected chi connectivity index (χ0v) is 7.63. The fraction of sp³-hybridized carbons (Fsp3) is 0.273. The lowest BCUT2D eigenvalue weighted by Crippen LogP contribution is -2.25. The lowest BCUT2D eigenvalue weighted by atomic mass is 10.2. The summed E-state index contributed by atoms with van der Waals surface area (Å²) in [4.78, 5) is 2.18. The summed E-state index contributed by atoms with van der Waals surface area (Å²) in [5.74, 6) is 0. The van der Waals surface area contributed by atoms with E-state index >= 15 is 0 Å². The average Bonchev–Trinajstić information content (AvgIpc) is 2.05. The standard InChI is InChI=1S/C11H17N/c1-5-8-12(9-6-2)10-11(4)7-3/h5-7H,1-4,8-10H2. The Morgan fingerprint density at radius 2 is 1.58 bits per heavy atom. The molecule has 0 atom stereocenters. The van der Waals surface area contributed by atoms with E-state index in [1.54, 1.807) is 6.08 Å². The maximum atomic E-state index is 3.85. The van der Waals surface area contributed by atoms with E-state index in [2.05, 4.69) is 31.2 Å². The number of nitrogens with zero attached hydrogens (tertiary/aromatic N) is 1. The summed E-state index contributed by atoms with van der Waals surface area (Å²) in [6.07, 6.45) is 5.53. The van der Waals surface area contributed by atoms with Crippen LogP contribution in [-0.2, 0) is 0 Å². The van der Waals surface area contributed by atoms with Crippen LogP contribution in [0.3, 0.4) is 0 Å². The van der Waals surface area contributed by atoms with Crippen LogP contribution < -0.4 is 0 Å². The number of hydrogen-bond acceptors (Lipinski definition) is 1. The monoisotopic (exact) mass is 163 g/mol. The van der Waals surface area contributed by atoms with Crippen molar-refractivity contribution >= 4 is 0 Å². The van der Waals surface area contributed by atoms with Crippen molar-refractivity contribution < 1.29 is 0 Å². The molecule has 0 aliphatic rings. The summed E-state index contributed by atoms with van der Waals surface area (Å²) in [6.45, 7) is 17.4. The van der Waals surface area contributed by atoms with E-state index in [1.807, 2.05) is 12.2 Å². The van der Waals surface area contributed by atoms with Gasteiger partial charge in [-0.2, -0.15) is 0 Å². The van der Waals surface area contributed by atoms with Crippen LogP contribution in [0.15, 0.2) is 50.1 Å². The Hall–Kier alpha value is -1.08. The van der Waals surface area contributed by atoms with Gasteiger partial charge in [0.2, 0.25) is 0 Å². The summed E-state index contributed by atoms with van der Waals surface area (Å²) in [5.41, 5.74) is 1.03. The van der Waals surface area contributed by atoms with Crippen molar-refractivity contribution in [3.8, 4) is 0 Å². The second-order valence-corrected chi connectivity index (χ2v) is 2.63. The van der Waals surface area contributed by atoms with E-state index in [9.17, 15) is 0 Å². The van der Waals surface area contributed by atoms with Gasteiger partial charge in [-0.05, 0) is 5.57 Å². The molecule has 66 valence electrons. The first-order valence-corrected chi connectivity index (χ1v) is 3.99. The van der Waals surface area contributed by atoms with Crippen LogP contribution in [0.25, 0.3) is 0 Å². The molecule has 12 heavy (non-hydrogen) atoms. The van der Waals surface area contributed by atoms with Gasteiger partial charge in [0.05, 0.1) is 0 Å². The van der Waals surface area contributed by atoms with Crippen LogP contribution in [0.2, 0.25) is 0 Å². The van der Waals surface area contributed by atoms with E-state index in [4.69, 9.17) is 0 Å². The third kappa shape index (κ3) is 4.69. The molecule has 0 radical (unpaired) electrons. The zero-order chi connectivity index (χ0) is 9.40. The highest BCUT2D eigenvalue weighted by atomic mass is 15.1. The molecule has 0 rings (SSSR count). The molecule has 0 aromatic heterocycles. The molecule has 0 fully saturated rings. The second-order valence-electron chi connectivity index (χ2n) is 2.63. The molecule has 0 amide bonds. The third-order valence-corrected chi connectivity index (χ3v) is 1.49. The van der Waals surface area contributed by atoms with Gasteiger partial charge in [0.15, 0.2) is 0 Å². The van der Waals surface area contributed by atoms with Crippen molar-refractivity contribution in [2.24, 2.45) is 0 Å². The van der Waals surface area contributed by atoms with E-state index in [-0.39, 0.29) is 0 Å². The topological polar surface area (TPSA) is 3.24 Å². The SMILES string of the molecule is C=CCN(CC=C)CC(=C)C=C. The molecule has 0 bridgehead atoms. The fourth-order valence-electron chi connectivity index (χ4n) is 0.921. The molecule has 1 nitrogen and oxygen atoms in total. The summed E-state index contributed by atoms with van der Waals surface area (Å²) >= 11 is 0. The molecule has 0 aromatic rings. The number of hydrogen-bond donors (Lipinski definition) is 0. The van der Waals surface area contributed by atoms with Gasteiger partial charge in [-0.3, -0.25) is 4.90 Å². The largest absolute Gasteiger partial charge is 0.292 e. The third-order valence-electron chi connectivity index (χ3n) is 1.49. The van der Waals surface area contributed by atoms with Crippen molar-refractivity contribution in [1.29, 1.82) is 0 Å². The minimum atomic E-state index is 0.835. The summed E-state index contributed by atoms with van der Waals surface area (Å²) in [7, 11) is 0. The van der Waals surface area contributed by atoms with E-state index in [1.165, 1.54) is 0 Å². The summed E-state index contributed by atoms with van der Waals surface area (Å²) < 4.78 is 0. The Labute approximate surface area is 75.4 Å². The van der Waals surface area contributed by atoms with Crippen molar-refractivity contribution in [1.82, 2.24) is 4.90 Å². The predicted molar refractivity (Wildman–Crippen MR) is 56.2 cm³/mol. The molecule has 0 spiro atoms. The van der Waals surface area contributed by atoms with E-state index in [0.717, 1.165) is 25.2 Å². The Morgan fingerprint density at radius 3 is 1.92 bits per heavy atom. The zero-order valence-electron chi connectivity index (χ0n) is 7.63. The van der Waals surface area contributed by atoms with Gasteiger partial charge < -0.3 is 0 Å². The van der Waals surface area contributed by atoms with Gasteiger partial charge >= 0.3 is 0 Å². The Morgan fingerprint density at radius 1 is 1.08 bits per heavy atom. The number of rotatable bonds is 7. The van der Waals surface area contributed by atoms with Crippen molar-refractivity contribution in [2.45, 2.75) is 0 Å². The van der Waals surface area contributed by atoms with Crippen LogP contribution in [0, 0.1) is 0 Å². The predicted octanol–water partition coefficient (Wildman–Crippen LogP) is 2.40.